The zero-order chi connectivity index (χ0) is 6.91. The summed E-state index contributed by atoms with van der Waals surface area (Å²) in [5.41, 5.74) is 0.105. The molecule has 0 atom stereocenters. The highest BCUT2D eigenvalue weighted by atomic mass is 16.6. The first-order valence-electron chi connectivity index (χ1n) is 3.01. The van der Waals surface area contributed by atoms with Gasteiger partial charge in [0.2, 0.25) is 0 Å². The highest BCUT2D eigenvalue weighted by Crippen LogP contribution is 2.16. The van der Waals surface area contributed by atoms with Gasteiger partial charge < -0.3 is 10.1 Å². The lowest BCUT2D eigenvalue weighted by molar-refractivity contribution is 0.0692. The van der Waals surface area contributed by atoms with E-state index in [1.165, 1.54) is 0 Å². The van der Waals surface area contributed by atoms with Crippen molar-refractivity contribution in [1.82, 2.24) is 5.32 Å². The molecule has 3 nitrogen and oxygen atoms in total. The number of ether oxygens (including phenoxy) is 1. The van der Waals surface area contributed by atoms with Gasteiger partial charge in [-0.2, -0.15) is 0 Å². The van der Waals surface area contributed by atoms with E-state index in [0.717, 1.165) is 0 Å². The van der Waals surface area contributed by atoms with Crippen molar-refractivity contribution in [2.45, 2.75) is 13.8 Å². The summed E-state index contributed by atoms with van der Waals surface area (Å²) in [6, 6.07) is 0. The maximum Gasteiger partial charge on any atom is 0.407 e. The minimum absolute atomic E-state index is 0.105. The van der Waals surface area contributed by atoms with Crippen LogP contribution in [0.15, 0.2) is 0 Å². The standard InChI is InChI=1S/C6H11NO2/c1-6(2)3-7-5(8)9-4-6/h3-4H2,1-2H3,(H,7,8). The summed E-state index contributed by atoms with van der Waals surface area (Å²) in [5, 5.41) is 2.61. The molecule has 0 aromatic heterocycles. The average molecular weight is 129 g/mol. The maximum atomic E-state index is 10.4. The van der Waals surface area contributed by atoms with E-state index in [4.69, 9.17) is 4.74 Å². The van der Waals surface area contributed by atoms with Gasteiger partial charge in [-0.3, -0.25) is 0 Å². The predicted molar refractivity (Wildman–Crippen MR) is 33.1 cm³/mol. The molecule has 0 aromatic rings. The number of cyclic esters (lactones) is 1. The van der Waals surface area contributed by atoms with Crippen LogP contribution in [0, 0.1) is 5.41 Å². The molecule has 0 saturated carbocycles. The second-order valence-electron chi connectivity index (χ2n) is 3.09. The summed E-state index contributed by atoms with van der Waals surface area (Å²) in [6.45, 7) is 5.34. The molecule has 1 aliphatic rings. The third-order valence-electron chi connectivity index (χ3n) is 1.31. The Morgan fingerprint density at radius 2 is 2.33 bits per heavy atom. The van der Waals surface area contributed by atoms with Gasteiger partial charge in [0.05, 0.1) is 6.61 Å². The summed E-state index contributed by atoms with van der Waals surface area (Å²) < 4.78 is 4.74. The number of hydrogen-bond acceptors (Lipinski definition) is 2. The average Bonchev–Trinajstić information content (AvgIpc) is 1.78. The zero-order valence-corrected chi connectivity index (χ0v) is 5.73. The van der Waals surface area contributed by atoms with Crippen molar-refractivity contribution in [1.29, 1.82) is 0 Å². The molecule has 0 aliphatic carbocycles. The minimum Gasteiger partial charge on any atom is -0.449 e. The normalized spacial score (nSPS) is 24.4. The molecule has 0 unspecified atom stereocenters. The fourth-order valence-electron chi connectivity index (χ4n) is 0.674. The lowest BCUT2D eigenvalue weighted by Gasteiger charge is -2.28. The molecule has 0 aromatic carbocycles. The maximum absolute atomic E-state index is 10.4. The minimum atomic E-state index is -0.297. The number of hydrogen-bond donors (Lipinski definition) is 1. The Morgan fingerprint density at radius 3 is 2.67 bits per heavy atom. The van der Waals surface area contributed by atoms with Gasteiger partial charge in [0.1, 0.15) is 0 Å². The van der Waals surface area contributed by atoms with Crippen molar-refractivity contribution in [3.63, 3.8) is 0 Å². The first-order valence-corrected chi connectivity index (χ1v) is 3.01. The van der Waals surface area contributed by atoms with Crippen LogP contribution in [0.3, 0.4) is 0 Å². The highest BCUT2D eigenvalue weighted by molar-refractivity contribution is 5.67. The number of carbonyl (C=O) groups is 1. The van der Waals surface area contributed by atoms with Crippen LogP contribution in [0.2, 0.25) is 0 Å². The second kappa shape index (κ2) is 1.90. The second-order valence-corrected chi connectivity index (χ2v) is 3.09. The van der Waals surface area contributed by atoms with Gasteiger partial charge in [-0.1, -0.05) is 13.8 Å². The monoisotopic (exact) mass is 129 g/mol. The third kappa shape index (κ3) is 1.59. The Hall–Kier alpha value is -0.730. The molecule has 1 fully saturated rings. The molecule has 52 valence electrons. The van der Waals surface area contributed by atoms with E-state index in [0.29, 0.717) is 13.2 Å². The molecular weight excluding hydrogens is 118 g/mol. The van der Waals surface area contributed by atoms with Crippen LogP contribution in [0.5, 0.6) is 0 Å². The Bertz CT molecular complexity index is 119. The fourth-order valence-corrected chi connectivity index (χ4v) is 0.674. The van der Waals surface area contributed by atoms with E-state index in [9.17, 15) is 4.79 Å². The number of rotatable bonds is 0. The van der Waals surface area contributed by atoms with Crippen molar-refractivity contribution in [2.75, 3.05) is 13.2 Å². The van der Waals surface area contributed by atoms with E-state index >= 15 is 0 Å². The lowest BCUT2D eigenvalue weighted by atomic mass is 9.94. The molecule has 0 radical (unpaired) electrons. The Kier molecular flexibility index (Phi) is 1.35. The SMILES string of the molecule is CC1(C)CNC(=O)OC1. The summed E-state index contributed by atoms with van der Waals surface area (Å²) in [5.74, 6) is 0. The molecule has 0 spiro atoms. The van der Waals surface area contributed by atoms with Crippen LogP contribution in [0.25, 0.3) is 0 Å². The van der Waals surface area contributed by atoms with Crippen LogP contribution in [0.1, 0.15) is 13.8 Å². The highest BCUT2D eigenvalue weighted by Gasteiger charge is 2.25. The Labute approximate surface area is 54.4 Å². The number of amides is 1. The van der Waals surface area contributed by atoms with Gasteiger partial charge in [-0.15, -0.1) is 0 Å². The van der Waals surface area contributed by atoms with E-state index in [1.54, 1.807) is 0 Å². The van der Waals surface area contributed by atoms with Crippen LogP contribution in [0.4, 0.5) is 4.79 Å². The number of nitrogens with one attached hydrogen (secondary N) is 1. The predicted octanol–water partition coefficient (Wildman–Crippen LogP) is 0.752. The van der Waals surface area contributed by atoms with Gasteiger partial charge in [0.25, 0.3) is 0 Å². The van der Waals surface area contributed by atoms with Crippen LogP contribution < -0.4 is 5.32 Å². The zero-order valence-electron chi connectivity index (χ0n) is 5.73. The molecule has 0 bridgehead atoms. The van der Waals surface area contributed by atoms with E-state index in [1.807, 2.05) is 13.8 Å². The van der Waals surface area contributed by atoms with Gasteiger partial charge in [-0.25, -0.2) is 4.79 Å². The lowest BCUT2D eigenvalue weighted by Crippen LogP contribution is -2.43. The van der Waals surface area contributed by atoms with Crippen molar-refractivity contribution >= 4 is 6.09 Å². The molecule has 1 heterocycles. The van der Waals surface area contributed by atoms with E-state index < -0.39 is 0 Å². The fraction of sp³-hybridized carbons (Fsp3) is 0.833. The summed E-state index contributed by atoms with van der Waals surface area (Å²) >= 11 is 0. The summed E-state index contributed by atoms with van der Waals surface area (Å²) in [6.07, 6.45) is -0.297. The molecule has 1 N–H and O–H groups in total. The molecular formula is C6H11NO2. The van der Waals surface area contributed by atoms with Crippen LogP contribution in [-0.2, 0) is 4.74 Å². The molecule has 9 heavy (non-hydrogen) atoms. The molecule has 1 rings (SSSR count). The van der Waals surface area contributed by atoms with E-state index in [2.05, 4.69) is 5.32 Å². The third-order valence-corrected chi connectivity index (χ3v) is 1.31. The van der Waals surface area contributed by atoms with Crippen LogP contribution in [-0.4, -0.2) is 19.2 Å². The molecule has 1 amide bonds. The smallest absolute Gasteiger partial charge is 0.407 e. The molecule has 3 heteroatoms. The van der Waals surface area contributed by atoms with Crippen molar-refractivity contribution in [3.8, 4) is 0 Å². The van der Waals surface area contributed by atoms with E-state index in [-0.39, 0.29) is 11.5 Å². The van der Waals surface area contributed by atoms with Gasteiger partial charge in [0, 0.05) is 12.0 Å². The van der Waals surface area contributed by atoms with Crippen molar-refractivity contribution in [3.05, 3.63) is 0 Å². The van der Waals surface area contributed by atoms with Gasteiger partial charge in [0.15, 0.2) is 0 Å². The first kappa shape index (κ1) is 6.39. The largest absolute Gasteiger partial charge is 0.449 e. The quantitative estimate of drug-likeness (QED) is 0.524. The molecule has 1 saturated heterocycles. The van der Waals surface area contributed by atoms with Gasteiger partial charge in [-0.05, 0) is 0 Å². The van der Waals surface area contributed by atoms with Crippen molar-refractivity contribution in [2.24, 2.45) is 5.41 Å². The number of carbonyl (C=O) groups excluding carboxylic acids is 1. The number of alkyl carbamates (subject to hydrolysis) is 1. The summed E-state index contributed by atoms with van der Waals surface area (Å²) in [4.78, 5) is 10.4. The van der Waals surface area contributed by atoms with Crippen LogP contribution >= 0.6 is 0 Å². The van der Waals surface area contributed by atoms with Gasteiger partial charge >= 0.3 is 6.09 Å². The van der Waals surface area contributed by atoms with Crippen molar-refractivity contribution < 1.29 is 9.53 Å². The molecule has 1 aliphatic heterocycles. The first-order chi connectivity index (χ1) is 4.10. The summed E-state index contributed by atoms with van der Waals surface area (Å²) in [7, 11) is 0. The topological polar surface area (TPSA) is 38.3 Å². The Morgan fingerprint density at radius 1 is 1.67 bits per heavy atom. The Balaban J connectivity index is 2.44.